The minimum absolute atomic E-state index is 0.0541. The molecule has 0 aliphatic heterocycles. The summed E-state index contributed by atoms with van der Waals surface area (Å²) in [4.78, 5) is 14.5. The van der Waals surface area contributed by atoms with Crippen LogP contribution in [-0.2, 0) is 9.53 Å². The largest absolute Gasteiger partial charge is 0.390 e. The molecule has 1 aromatic heterocycles. The predicted octanol–water partition coefficient (Wildman–Crippen LogP) is 1.54. The summed E-state index contributed by atoms with van der Waals surface area (Å²) in [6, 6.07) is 0.0541. The number of aromatic nitrogens is 3. The van der Waals surface area contributed by atoms with Crippen molar-refractivity contribution in [3.05, 3.63) is 6.33 Å². The van der Waals surface area contributed by atoms with Crippen LogP contribution in [0.25, 0.3) is 0 Å². The van der Waals surface area contributed by atoms with E-state index < -0.39 is 5.97 Å². The van der Waals surface area contributed by atoms with Crippen LogP contribution in [0.1, 0.15) is 39.8 Å². The summed E-state index contributed by atoms with van der Waals surface area (Å²) in [6.07, 6.45) is 3.37. The van der Waals surface area contributed by atoms with Crippen molar-refractivity contribution in [2.75, 3.05) is 6.61 Å². The molecular weight excluding hydrogens is 210 g/mol. The van der Waals surface area contributed by atoms with Crippen LogP contribution in [0.4, 0.5) is 0 Å². The average molecular weight is 227 g/mol. The van der Waals surface area contributed by atoms with Gasteiger partial charge in [-0.05, 0) is 13.3 Å². The SMILES string of the molecule is CCCCOC(C)n1cnc(OC(C)=O)n1. The van der Waals surface area contributed by atoms with E-state index in [1.54, 1.807) is 0 Å². The molecule has 1 atom stereocenters. The first-order valence-electron chi connectivity index (χ1n) is 5.34. The zero-order valence-electron chi connectivity index (χ0n) is 9.84. The normalized spacial score (nSPS) is 12.4. The summed E-state index contributed by atoms with van der Waals surface area (Å²) in [5.41, 5.74) is 0. The highest BCUT2D eigenvalue weighted by Crippen LogP contribution is 2.09. The second-order valence-corrected chi connectivity index (χ2v) is 3.42. The number of carbonyl (C=O) groups excluding carboxylic acids is 1. The van der Waals surface area contributed by atoms with Crippen LogP contribution in [0.2, 0.25) is 0 Å². The Balaban J connectivity index is 2.46. The zero-order valence-corrected chi connectivity index (χ0v) is 9.84. The van der Waals surface area contributed by atoms with E-state index in [1.807, 2.05) is 6.92 Å². The molecule has 0 saturated heterocycles. The third-order valence-electron chi connectivity index (χ3n) is 1.95. The van der Waals surface area contributed by atoms with Gasteiger partial charge in [-0.25, -0.2) is 4.68 Å². The first-order valence-corrected chi connectivity index (χ1v) is 5.34. The lowest BCUT2D eigenvalue weighted by Crippen LogP contribution is -2.11. The molecule has 1 rings (SSSR count). The molecule has 0 fully saturated rings. The van der Waals surface area contributed by atoms with Gasteiger partial charge >= 0.3 is 12.0 Å². The minimum atomic E-state index is -0.433. The summed E-state index contributed by atoms with van der Waals surface area (Å²) in [5.74, 6) is -0.433. The van der Waals surface area contributed by atoms with Gasteiger partial charge in [-0.2, -0.15) is 4.98 Å². The van der Waals surface area contributed by atoms with Crippen LogP contribution in [0.3, 0.4) is 0 Å². The van der Waals surface area contributed by atoms with Crippen LogP contribution < -0.4 is 4.74 Å². The third-order valence-corrected chi connectivity index (χ3v) is 1.95. The number of unbranched alkanes of at least 4 members (excludes halogenated alkanes) is 1. The Morgan fingerprint density at radius 1 is 1.62 bits per heavy atom. The van der Waals surface area contributed by atoms with Crippen molar-refractivity contribution in [1.82, 2.24) is 14.8 Å². The summed E-state index contributed by atoms with van der Waals surface area (Å²) >= 11 is 0. The smallest absolute Gasteiger partial charge is 0.343 e. The number of esters is 1. The highest BCUT2D eigenvalue weighted by Gasteiger charge is 2.09. The van der Waals surface area contributed by atoms with E-state index in [1.165, 1.54) is 17.9 Å². The summed E-state index contributed by atoms with van der Waals surface area (Å²) in [7, 11) is 0. The molecule has 1 heterocycles. The van der Waals surface area contributed by atoms with Gasteiger partial charge in [-0.15, -0.1) is 5.10 Å². The number of nitrogens with zero attached hydrogens (tertiary/aromatic N) is 3. The maximum atomic E-state index is 10.7. The fourth-order valence-corrected chi connectivity index (χ4v) is 1.08. The van der Waals surface area contributed by atoms with Gasteiger partial charge in [0.15, 0.2) is 0 Å². The zero-order chi connectivity index (χ0) is 12.0. The third kappa shape index (κ3) is 3.98. The number of ether oxygens (including phenoxy) is 2. The lowest BCUT2D eigenvalue weighted by Gasteiger charge is -2.11. The van der Waals surface area contributed by atoms with Crippen LogP contribution in [0.5, 0.6) is 6.01 Å². The van der Waals surface area contributed by atoms with Crippen molar-refractivity contribution >= 4 is 5.97 Å². The predicted molar refractivity (Wildman–Crippen MR) is 56.9 cm³/mol. The highest BCUT2D eigenvalue weighted by atomic mass is 16.6. The molecule has 0 aromatic carbocycles. The van der Waals surface area contributed by atoms with Gasteiger partial charge in [0, 0.05) is 13.5 Å². The van der Waals surface area contributed by atoms with Crippen LogP contribution in [-0.4, -0.2) is 27.3 Å². The van der Waals surface area contributed by atoms with Crippen molar-refractivity contribution in [3.8, 4) is 6.01 Å². The van der Waals surface area contributed by atoms with Crippen LogP contribution >= 0.6 is 0 Å². The Morgan fingerprint density at radius 3 is 3.00 bits per heavy atom. The molecule has 0 saturated carbocycles. The average Bonchev–Trinajstić information content (AvgIpc) is 2.65. The van der Waals surface area contributed by atoms with Gasteiger partial charge in [0.1, 0.15) is 12.6 Å². The monoisotopic (exact) mass is 227 g/mol. The standard InChI is InChI=1S/C10H17N3O3/c1-4-5-6-15-8(2)13-7-11-10(12-13)16-9(3)14/h7-8H,4-6H2,1-3H3. The fraction of sp³-hybridized carbons (Fsp3) is 0.700. The fourth-order valence-electron chi connectivity index (χ4n) is 1.08. The van der Waals surface area contributed by atoms with Crippen molar-refractivity contribution in [1.29, 1.82) is 0 Å². The molecule has 0 aliphatic rings. The molecule has 0 N–H and O–H groups in total. The highest BCUT2D eigenvalue weighted by molar-refractivity contribution is 5.68. The summed E-state index contributed by atoms with van der Waals surface area (Å²) < 4.78 is 11.8. The lowest BCUT2D eigenvalue weighted by molar-refractivity contribution is -0.132. The second kappa shape index (κ2) is 6.22. The summed E-state index contributed by atoms with van der Waals surface area (Å²) in [5, 5.41) is 3.97. The summed E-state index contributed by atoms with van der Waals surface area (Å²) in [6.45, 7) is 5.95. The first kappa shape index (κ1) is 12.6. The minimum Gasteiger partial charge on any atom is -0.390 e. The van der Waals surface area contributed by atoms with E-state index in [9.17, 15) is 4.79 Å². The van der Waals surface area contributed by atoms with E-state index in [4.69, 9.17) is 9.47 Å². The van der Waals surface area contributed by atoms with Gasteiger partial charge in [-0.3, -0.25) is 4.79 Å². The maximum absolute atomic E-state index is 10.7. The van der Waals surface area contributed by atoms with Crippen molar-refractivity contribution in [3.63, 3.8) is 0 Å². The molecule has 16 heavy (non-hydrogen) atoms. The molecule has 0 bridgehead atoms. The Bertz CT molecular complexity index is 338. The number of hydrogen-bond donors (Lipinski definition) is 0. The first-order chi connectivity index (χ1) is 7.63. The van der Waals surface area contributed by atoms with Crippen LogP contribution in [0.15, 0.2) is 6.33 Å². The molecule has 0 spiro atoms. The molecule has 0 aliphatic carbocycles. The van der Waals surface area contributed by atoms with Crippen molar-refractivity contribution in [2.45, 2.75) is 39.8 Å². The van der Waals surface area contributed by atoms with E-state index in [-0.39, 0.29) is 12.2 Å². The molecular formula is C10H17N3O3. The molecule has 1 aromatic rings. The van der Waals surface area contributed by atoms with E-state index >= 15 is 0 Å². The van der Waals surface area contributed by atoms with Crippen molar-refractivity contribution in [2.24, 2.45) is 0 Å². The number of hydrogen-bond acceptors (Lipinski definition) is 5. The Morgan fingerprint density at radius 2 is 2.38 bits per heavy atom. The number of carbonyl (C=O) groups is 1. The quantitative estimate of drug-likeness (QED) is 0.544. The Hall–Kier alpha value is -1.43. The second-order valence-electron chi connectivity index (χ2n) is 3.42. The van der Waals surface area contributed by atoms with E-state index in [0.717, 1.165) is 12.8 Å². The lowest BCUT2D eigenvalue weighted by atomic mass is 10.4. The van der Waals surface area contributed by atoms with Gasteiger partial charge in [-0.1, -0.05) is 13.3 Å². The molecule has 90 valence electrons. The molecule has 6 nitrogen and oxygen atoms in total. The molecule has 6 heteroatoms. The van der Waals surface area contributed by atoms with Gasteiger partial charge in [0.2, 0.25) is 0 Å². The molecule has 0 radical (unpaired) electrons. The van der Waals surface area contributed by atoms with Gasteiger partial charge in [0.25, 0.3) is 0 Å². The van der Waals surface area contributed by atoms with Crippen LogP contribution in [0, 0.1) is 0 Å². The number of rotatable bonds is 6. The maximum Gasteiger partial charge on any atom is 0.343 e. The van der Waals surface area contributed by atoms with Gasteiger partial charge < -0.3 is 9.47 Å². The molecule has 0 amide bonds. The Kier molecular flexibility index (Phi) is 4.91. The Labute approximate surface area is 94.6 Å². The topological polar surface area (TPSA) is 66.2 Å². The molecule has 1 unspecified atom stereocenters. The van der Waals surface area contributed by atoms with Gasteiger partial charge in [0.05, 0.1) is 0 Å². The van der Waals surface area contributed by atoms with E-state index in [0.29, 0.717) is 6.61 Å². The van der Waals surface area contributed by atoms with Crippen molar-refractivity contribution < 1.29 is 14.3 Å². The van der Waals surface area contributed by atoms with E-state index in [2.05, 4.69) is 17.0 Å².